The molecule has 0 aromatic heterocycles. The van der Waals surface area contributed by atoms with Gasteiger partial charge in [0.1, 0.15) is 5.75 Å². The number of aliphatic hydroxyl groups excluding tert-OH is 1. The summed E-state index contributed by atoms with van der Waals surface area (Å²) in [6, 6.07) is 12.9. The molecule has 0 saturated carbocycles. The first-order valence-corrected chi connectivity index (χ1v) is 7.19. The number of aryl methyl sites for hydroxylation is 2. The first kappa shape index (κ1) is 16.0. The molecule has 0 aliphatic rings. The highest BCUT2D eigenvalue weighted by Crippen LogP contribution is 2.24. The highest BCUT2D eigenvalue weighted by atomic mass is 16.5. The van der Waals surface area contributed by atoms with Gasteiger partial charge in [-0.05, 0) is 31.5 Å². The van der Waals surface area contributed by atoms with E-state index in [4.69, 9.17) is 4.74 Å². The Bertz CT molecular complexity index is 667. The predicted octanol–water partition coefficient (Wildman–Crippen LogP) is 2.78. The molecule has 0 aliphatic heterocycles. The molecular formula is C18H21NO3. The van der Waals surface area contributed by atoms with Crippen LogP contribution in [0.4, 0.5) is 0 Å². The number of hydrogen-bond acceptors (Lipinski definition) is 3. The van der Waals surface area contributed by atoms with Crippen molar-refractivity contribution in [2.24, 2.45) is 0 Å². The second-order valence-corrected chi connectivity index (χ2v) is 5.29. The van der Waals surface area contributed by atoms with Crippen LogP contribution in [0.25, 0.3) is 0 Å². The average molecular weight is 299 g/mol. The van der Waals surface area contributed by atoms with Crippen LogP contribution in [-0.2, 0) is 0 Å². The van der Waals surface area contributed by atoms with Crippen molar-refractivity contribution in [3.05, 3.63) is 64.7 Å². The van der Waals surface area contributed by atoms with E-state index in [1.54, 1.807) is 25.3 Å². The van der Waals surface area contributed by atoms with Crippen molar-refractivity contribution >= 4 is 5.91 Å². The minimum Gasteiger partial charge on any atom is -0.496 e. The molecule has 0 fully saturated rings. The summed E-state index contributed by atoms with van der Waals surface area (Å²) in [5.74, 6) is 0.419. The van der Waals surface area contributed by atoms with Gasteiger partial charge in [0.25, 0.3) is 5.91 Å². The molecule has 1 atom stereocenters. The van der Waals surface area contributed by atoms with E-state index >= 15 is 0 Å². The van der Waals surface area contributed by atoms with Gasteiger partial charge in [0.2, 0.25) is 0 Å². The number of nitrogens with one attached hydrogen (secondary N) is 1. The van der Waals surface area contributed by atoms with Crippen LogP contribution < -0.4 is 10.1 Å². The summed E-state index contributed by atoms with van der Waals surface area (Å²) in [4.78, 5) is 12.2. The fraction of sp³-hybridized carbons (Fsp3) is 0.278. The third-order valence-corrected chi connectivity index (χ3v) is 3.58. The Hall–Kier alpha value is -2.33. The number of amides is 1. The summed E-state index contributed by atoms with van der Waals surface area (Å²) in [7, 11) is 1.56. The van der Waals surface area contributed by atoms with Crippen LogP contribution >= 0.6 is 0 Å². The predicted molar refractivity (Wildman–Crippen MR) is 86.2 cm³/mol. The minimum absolute atomic E-state index is 0.131. The van der Waals surface area contributed by atoms with E-state index in [1.165, 1.54) is 0 Å². The maximum Gasteiger partial charge on any atom is 0.251 e. The molecule has 2 N–H and O–H groups in total. The van der Waals surface area contributed by atoms with Crippen molar-refractivity contribution in [1.29, 1.82) is 0 Å². The Morgan fingerprint density at radius 3 is 2.64 bits per heavy atom. The van der Waals surface area contributed by atoms with Crippen LogP contribution in [0, 0.1) is 13.8 Å². The van der Waals surface area contributed by atoms with Crippen LogP contribution in [0.15, 0.2) is 42.5 Å². The van der Waals surface area contributed by atoms with E-state index < -0.39 is 6.10 Å². The van der Waals surface area contributed by atoms with Crippen LogP contribution in [0.5, 0.6) is 5.75 Å². The number of carbonyl (C=O) groups is 1. The van der Waals surface area contributed by atoms with E-state index in [2.05, 4.69) is 5.32 Å². The minimum atomic E-state index is -0.814. The maximum absolute atomic E-state index is 12.2. The molecule has 0 aliphatic carbocycles. The summed E-state index contributed by atoms with van der Waals surface area (Å²) >= 11 is 0. The third-order valence-electron chi connectivity index (χ3n) is 3.58. The van der Waals surface area contributed by atoms with Crippen LogP contribution in [0.3, 0.4) is 0 Å². The second kappa shape index (κ2) is 7.09. The molecule has 4 heteroatoms. The van der Waals surface area contributed by atoms with Gasteiger partial charge in [0, 0.05) is 17.7 Å². The largest absolute Gasteiger partial charge is 0.496 e. The van der Waals surface area contributed by atoms with Gasteiger partial charge in [-0.25, -0.2) is 0 Å². The Balaban J connectivity index is 2.04. The molecule has 2 aromatic rings. The Labute approximate surface area is 130 Å². The molecule has 0 bridgehead atoms. The standard InChI is InChI=1S/C18H21NO3/c1-12-8-9-14(13(2)10-12)18(21)19-11-16(20)15-6-4-5-7-17(15)22-3/h4-10,16,20H,11H2,1-3H3,(H,19,21). The van der Waals surface area contributed by atoms with E-state index in [0.717, 1.165) is 11.1 Å². The highest BCUT2D eigenvalue weighted by molar-refractivity contribution is 5.95. The number of para-hydroxylation sites is 1. The third kappa shape index (κ3) is 3.65. The topological polar surface area (TPSA) is 58.6 Å². The summed E-state index contributed by atoms with van der Waals surface area (Å²) in [6.07, 6.45) is -0.814. The molecule has 0 spiro atoms. The van der Waals surface area contributed by atoms with Crippen molar-refractivity contribution < 1.29 is 14.6 Å². The molecule has 1 amide bonds. The summed E-state index contributed by atoms with van der Waals surface area (Å²) in [5.41, 5.74) is 3.32. The van der Waals surface area contributed by atoms with Crippen molar-refractivity contribution in [2.45, 2.75) is 20.0 Å². The number of benzene rings is 2. The molecular weight excluding hydrogens is 278 g/mol. The SMILES string of the molecule is COc1ccccc1C(O)CNC(=O)c1ccc(C)cc1C. The normalized spacial score (nSPS) is 11.8. The molecule has 116 valence electrons. The molecule has 0 saturated heterocycles. The number of rotatable bonds is 5. The van der Waals surface area contributed by atoms with Crippen molar-refractivity contribution in [3.8, 4) is 5.75 Å². The fourth-order valence-corrected chi connectivity index (χ4v) is 2.40. The van der Waals surface area contributed by atoms with Gasteiger partial charge in [-0.2, -0.15) is 0 Å². The van der Waals surface area contributed by atoms with Gasteiger partial charge in [-0.1, -0.05) is 35.9 Å². The Morgan fingerprint density at radius 1 is 1.23 bits per heavy atom. The first-order chi connectivity index (χ1) is 10.5. The van der Waals surface area contributed by atoms with E-state index in [1.807, 2.05) is 38.1 Å². The smallest absolute Gasteiger partial charge is 0.251 e. The van der Waals surface area contributed by atoms with Crippen molar-refractivity contribution in [1.82, 2.24) is 5.32 Å². The van der Waals surface area contributed by atoms with E-state index in [9.17, 15) is 9.90 Å². The Kier molecular flexibility index (Phi) is 5.17. The van der Waals surface area contributed by atoms with Crippen molar-refractivity contribution in [2.75, 3.05) is 13.7 Å². The lowest BCUT2D eigenvalue weighted by atomic mass is 10.0. The van der Waals surface area contributed by atoms with Crippen molar-refractivity contribution in [3.63, 3.8) is 0 Å². The molecule has 0 radical (unpaired) electrons. The number of ether oxygens (including phenoxy) is 1. The van der Waals surface area contributed by atoms with Crippen LogP contribution in [-0.4, -0.2) is 24.7 Å². The molecule has 2 aromatic carbocycles. The van der Waals surface area contributed by atoms with Gasteiger partial charge in [0.15, 0.2) is 0 Å². The lowest BCUT2D eigenvalue weighted by Crippen LogP contribution is -2.29. The van der Waals surface area contributed by atoms with Gasteiger partial charge in [-0.15, -0.1) is 0 Å². The number of hydrogen-bond donors (Lipinski definition) is 2. The number of carbonyl (C=O) groups excluding carboxylic acids is 1. The maximum atomic E-state index is 12.2. The summed E-state index contributed by atoms with van der Waals surface area (Å²) in [5, 5.41) is 13.0. The van der Waals surface area contributed by atoms with Gasteiger partial charge < -0.3 is 15.2 Å². The summed E-state index contributed by atoms with van der Waals surface area (Å²) < 4.78 is 5.22. The lowest BCUT2D eigenvalue weighted by Gasteiger charge is -2.16. The monoisotopic (exact) mass is 299 g/mol. The molecule has 2 rings (SSSR count). The van der Waals surface area contributed by atoms with Crippen LogP contribution in [0.2, 0.25) is 0 Å². The molecule has 22 heavy (non-hydrogen) atoms. The average Bonchev–Trinajstić information content (AvgIpc) is 2.52. The first-order valence-electron chi connectivity index (χ1n) is 7.19. The van der Waals surface area contributed by atoms with Gasteiger partial charge in [-0.3, -0.25) is 4.79 Å². The molecule has 1 unspecified atom stereocenters. The highest BCUT2D eigenvalue weighted by Gasteiger charge is 2.15. The van der Waals surface area contributed by atoms with Gasteiger partial charge >= 0.3 is 0 Å². The van der Waals surface area contributed by atoms with Gasteiger partial charge in [0.05, 0.1) is 13.2 Å². The lowest BCUT2D eigenvalue weighted by molar-refractivity contribution is 0.0914. The Morgan fingerprint density at radius 2 is 1.95 bits per heavy atom. The van der Waals surface area contributed by atoms with Crippen LogP contribution in [0.1, 0.15) is 33.2 Å². The zero-order valence-electron chi connectivity index (χ0n) is 13.1. The summed E-state index contributed by atoms with van der Waals surface area (Å²) in [6.45, 7) is 4.02. The zero-order valence-corrected chi connectivity index (χ0v) is 13.1. The van der Waals surface area contributed by atoms with E-state index in [-0.39, 0.29) is 12.5 Å². The number of methoxy groups -OCH3 is 1. The second-order valence-electron chi connectivity index (χ2n) is 5.29. The quantitative estimate of drug-likeness (QED) is 0.892. The molecule has 0 heterocycles. The zero-order chi connectivity index (χ0) is 16.1. The fourth-order valence-electron chi connectivity index (χ4n) is 2.40. The number of aliphatic hydroxyl groups is 1. The molecule has 4 nitrogen and oxygen atoms in total. The van der Waals surface area contributed by atoms with E-state index in [0.29, 0.717) is 16.9 Å².